The van der Waals surface area contributed by atoms with Crippen LogP contribution in [0, 0.1) is 5.82 Å². The molecule has 4 nitrogen and oxygen atoms in total. The zero-order chi connectivity index (χ0) is 13.2. The second kappa shape index (κ2) is 5.09. The van der Waals surface area contributed by atoms with Crippen molar-refractivity contribution >= 4 is 10.9 Å². The van der Waals surface area contributed by atoms with E-state index in [1.165, 1.54) is 12.1 Å². The lowest BCUT2D eigenvalue weighted by Gasteiger charge is -2.17. The molecule has 5 heteroatoms. The van der Waals surface area contributed by atoms with E-state index in [-0.39, 0.29) is 11.6 Å². The van der Waals surface area contributed by atoms with Crippen molar-refractivity contribution in [1.29, 1.82) is 0 Å². The van der Waals surface area contributed by atoms with Crippen LogP contribution >= 0.6 is 0 Å². The van der Waals surface area contributed by atoms with E-state index in [2.05, 4.69) is 10.3 Å². The fraction of sp³-hybridized carbons (Fsp3) is 0.429. The number of nitrogens with one attached hydrogen (secondary N) is 1. The molecule has 0 bridgehead atoms. The molecule has 2 aromatic rings. The maximum Gasteiger partial charge on any atom is 0.261 e. The lowest BCUT2D eigenvalue weighted by atomic mass is 10.1. The number of hydrogen-bond donors (Lipinski definition) is 1. The Bertz CT molecular complexity index is 645. The Morgan fingerprint density at radius 2 is 2.26 bits per heavy atom. The van der Waals surface area contributed by atoms with Gasteiger partial charge in [-0.15, -0.1) is 0 Å². The number of fused-ring (bicyclic) bond motifs is 1. The van der Waals surface area contributed by atoms with Gasteiger partial charge in [0.1, 0.15) is 5.82 Å². The lowest BCUT2D eigenvalue weighted by Crippen LogP contribution is -2.31. The van der Waals surface area contributed by atoms with Crippen molar-refractivity contribution in [3.8, 4) is 0 Å². The maximum absolute atomic E-state index is 13.3. The fourth-order valence-electron chi connectivity index (χ4n) is 2.61. The largest absolute Gasteiger partial charge is 0.315 e. The van der Waals surface area contributed by atoms with Crippen LogP contribution in [-0.4, -0.2) is 22.6 Å². The predicted molar refractivity (Wildman–Crippen MR) is 71.7 cm³/mol. The molecule has 0 saturated carbocycles. The summed E-state index contributed by atoms with van der Waals surface area (Å²) in [6.45, 7) is 1.75. The summed E-state index contributed by atoms with van der Waals surface area (Å²) in [5, 5.41) is 3.67. The molecule has 1 N–H and O–H groups in total. The molecule has 19 heavy (non-hydrogen) atoms. The Hall–Kier alpha value is -1.75. The Balaban J connectivity index is 2.08. The SMILES string of the molecule is O=c1c2cc(F)ccc2ncn1C1CCCCNC1. The minimum absolute atomic E-state index is 0.107. The zero-order valence-electron chi connectivity index (χ0n) is 10.6. The van der Waals surface area contributed by atoms with Gasteiger partial charge in [0.15, 0.2) is 0 Å². The monoisotopic (exact) mass is 261 g/mol. The van der Waals surface area contributed by atoms with E-state index in [0.717, 1.165) is 32.4 Å². The van der Waals surface area contributed by atoms with E-state index in [4.69, 9.17) is 0 Å². The summed E-state index contributed by atoms with van der Waals surface area (Å²) in [5.41, 5.74) is 0.391. The first-order chi connectivity index (χ1) is 9.25. The molecule has 1 aromatic carbocycles. The number of hydrogen-bond acceptors (Lipinski definition) is 3. The average Bonchev–Trinajstić information content (AvgIpc) is 2.69. The highest BCUT2D eigenvalue weighted by molar-refractivity contribution is 5.77. The van der Waals surface area contributed by atoms with Crippen LogP contribution in [0.15, 0.2) is 29.3 Å². The highest BCUT2D eigenvalue weighted by Gasteiger charge is 2.16. The first kappa shape index (κ1) is 12.3. The predicted octanol–water partition coefficient (Wildman–Crippen LogP) is 1.85. The lowest BCUT2D eigenvalue weighted by molar-refractivity contribution is 0.447. The van der Waals surface area contributed by atoms with E-state index in [1.807, 2.05) is 0 Å². The smallest absolute Gasteiger partial charge is 0.261 e. The molecule has 1 aromatic heterocycles. The molecule has 0 amide bonds. The number of rotatable bonds is 1. The van der Waals surface area contributed by atoms with Crippen LogP contribution in [0.2, 0.25) is 0 Å². The summed E-state index contributed by atoms with van der Waals surface area (Å²) >= 11 is 0. The molecule has 1 aliphatic rings. The molecule has 1 saturated heterocycles. The van der Waals surface area contributed by atoms with Gasteiger partial charge >= 0.3 is 0 Å². The Morgan fingerprint density at radius 1 is 1.37 bits per heavy atom. The van der Waals surface area contributed by atoms with Crippen LogP contribution in [0.5, 0.6) is 0 Å². The van der Waals surface area contributed by atoms with Gasteiger partial charge in [-0.25, -0.2) is 9.37 Å². The third-order valence-electron chi connectivity index (χ3n) is 3.66. The fourth-order valence-corrected chi connectivity index (χ4v) is 2.61. The van der Waals surface area contributed by atoms with Crippen LogP contribution in [0.1, 0.15) is 25.3 Å². The summed E-state index contributed by atoms with van der Waals surface area (Å²) in [6, 6.07) is 4.24. The van der Waals surface area contributed by atoms with Gasteiger partial charge in [0.25, 0.3) is 5.56 Å². The summed E-state index contributed by atoms with van der Waals surface area (Å²) < 4.78 is 14.9. The van der Waals surface area contributed by atoms with Crippen molar-refractivity contribution in [1.82, 2.24) is 14.9 Å². The van der Waals surface area contributed by atoms with Gasteiger partial charge in [0.2, 0.25) is 0 Å². The van der Waals surface area contributed by atoms with Crippen molar-refractivity contribution in [3.05, 3.63) is 40.7 Å². The molecule has 3 rings (SSSR count). The summed E-state index contributed by atoms with van der Waals surface area (Å²) in [4.78, 5) is 16.7. The topological polar surface area (TPSA) is 46.9 Å². The van der Waals surface area contributed by atoms with Crippen molar-refractivity contribution in [2.24, 2.45) is 0 Å². The molecular weight excluding hydrogens is 245 g/mol. The van der Waals surface area contributed by atoms with Crippen molar-refractivity contribution in [2.75, 3.05) is 13.1 Å². The van der Waals surface area contributed by atoms with E-state index in [1.54, 1.807) is 17.0 Å². The quantitative estimate of drug-likeness (QED) is 0.852. The van der Waals surface area contributed by atoms with E-state index in [9.17, 15) is 9.18 Å². The molecule has 0 radical (unpaired) electrons. The number of nitrogens with zero attached hydrogens (tertiary/aromatic N) is 2. The van der Waals surface area contributed by atoms with Crippen molar-refractivity contribution < 1.29 is 4.39 Å². The maximum atomic E-state index is 13.3. The zero-order valence-corrected chi connectivity index (χ0v) is 10.6. The van der Waals surface area contributed by atoms with Gasteiger partial charge in [-0.3, -0.25) is 9.36 Å². The number of benzene rings is 1. The molecule has 100 valence electrons. The molecule has 1 atom stereocenters. The standard InChI is InChI=1S/C14H16FN3O/c15-10-4-5-13-12(7-10)14(19)18(9-17-13)11-3-1-2-6-16-8-11/h4-5,7,9,11,16H,1-3,6,8H2. The summed E-state index contributed by atoms with van der Waals surface area (Å²) in [5.74, 6) is -0.400. The molecule has 1 unspecified atom stereocenters. The number of halogens is 1. The first-order valence-corrected chi connectivity index (χ1v) is 6.63. The Labute approximate surface area is 110 Å². The van der Waals surface area contributed by atoms with Crippen molar-refractivity contribution in [3.63, 3.8) is 0 Å². The second-order valence-corrected chi connectivity index (χ2v) is 4.97. The van der Waals surface area contributed by atoms with Crippen LogP contribution in [-0.2, 0) is 0 Å². The molecule has 0 spiro atoms. The highest BCUT2D eigenvalue weighted by atomic mass is 19.1. The van der Waals surface area contributed by atoms with Crippen LogP contribution in [0.3, 0.4) is 0 Å². The van der Waals surface area contributed by atoms with Crippen LogP contribution in [0.4, 0.5) is 4.39 Å². The second-order valence-electron chi connectivity index (χ2n) is 4.97. The van der Waals surface area contributed by atoms with Crippen LogP contribution < -0.4 is 10.9 Å². The Morgan fingerprint density at radius 3 is 3.16 bits per heavy atom. The molecular formula is C14H16FN3O. The van der Waals surface area contributed by atoms with E-state index >= 15 is 0 Å². The average molecular weight is 261 g/mol. The molecule has 1 fully saturated rings. The van der Waals surface area contributed by atoms with Gasteiger partial charge in [-0.2, -0.15) is 0 Å². The number of aromatic nitrogens is 2. The Kier molecular flexibility index (Phi) is 3.29. The van der Waals surface area contributed by atoms with Crippen molar-refractivity contribution in [2.45, 2.75) is 25.3 Å². The van der Waals surface area contributed by atoms with E-state index in [0.29, 0.717) is 10.9 Å². The first-order valence-electron chi connectivity index (χ1n) is 6.63. The summed E-state index contributed by atoms with van der Waals surface area (Å²) in [7, 11) is 0. The van der Waals surface area contributed by atoms with Gasteiger partial charge in [-0.05, 0) is 37.6 Å². The van der Waals surface area contributed by atoms with Gasteiger partial charge in [0, 0.05) is 6.54 Å². The molecule has 0 aliphatic carbocycles. The summed E-state index contributed by atoms with van der Waals surface area (Å²) in [6.07, 6.45) is 4.75. The minimum Gasteiger partial charge on any atom is -0.315 e. The van der Waals surface area contributed by atoms with Gasteiger partial charge < -0.3 is 5.32 Å². The van der Waals surface area contributed by atoms with Crippen LogP contribution in [0.25, 0.3) is 10.9 Å². The normalized spacial score (nSPS) is 20.4. The highest BCUT2D eigenvalue weighted by Crippen LogP contribution is 2.16. The molecule has 1 aliphatic heterocycles. The third-order valence-corrected chi connectivity index (χ3v) is 3.66. The third kappa shape index (κ3) is 2.38. The van der Waals surface area contributed by atoms with Gasteiger partial charge in [-0.1, -0.05) is 6.42 Å². The molecule has 2 heterocycles. The van der Waals surface area contributed by atoms with E-state index < -0.39 is 5.82 Å². The minimum atomic E-state index is -0.400. The van der Waals surface area contributed by atoms with Gasteiger partial charge in [0.05, 0.1) is 23.3 Å².